The molecule has 3 rings (SSSR count). The third kappa shape index (κ3) is 3.45. The molecule has 0 radical (unpaired) electrons. The number of rotatable bonds is 3. The van der Waals surface area contributed by atoms with Crippen molar-refractivity contribution in [2.24, 2.45) is 0 Å². The Morgan fingerprint density at radius 2 is 2.13 bits per heavy atom. The lowest BCUT2D eigenvalue weighted by Crippen LogP contribution is -2.45. The molecule has 122 valence electrons. The van der Waals surface area contributed by atoms with Crippen LogP contribution >= 0.6 is 0 Å². The smallest absolute Gasteiger partial charge is 0.270 e. The second kappa shape index (κ2) is 6.55. The lowest BCUT2D eigenvalue weighted by molar-refractivity contribution is -0.384. The number of nitrogens with zero attached hydrogens (tertiary/aromatic N) is 2. The average Bonchev–Trinajstić information content (AvgIpc) is 2.56. The highest BCUT2D eigenvalue weighted by molar-refractivity contribution is 5.61. The molecule has 1 N–H and O–H groups in total. The Morgan fingerprint density at radius 3 is 2.83 bits per heavy atom. The highest BCUT2D eigenvalue weighted by Gasteiger charge is 2.38. The largest absolute Gasteiger partial charge is 0.381 e. The van der Waals surface area contributed by atoms with Crippen LogP contribution in [0.15, 0.2) is 18.2 Å². The number of benzene rings is 1. The minimum atomic E-state index is -0.476. The Kier molecular flexibility index (Phi) is 4.49. The quantitative estimate of drug-likeness (QED) is 0.677. The third-order valence-corrected chi connectivity index (χ3v) is 4.95. The van der Waals surface area contributed by atoms with E-state index in [9.17, 15) is 15.4 Å². The molecule has 0 aromatic heterocycles. The summed E-state index contributed by atoms with van der Waals surface area (Å²) in [5, 5.41) is 23.5. The maximum atomic E-state index is 10.8. The molecule has 1 unspecified atom stereocenters. The standard InChI is InChI=1S/C17H21N3O3/c18-12-13-10-15(20(21)22)4-5-16(13)19-14-6-9-23-17(11-14)7-2-1-3-8-17/h4-5,10,14,19H,1-3,6-9,11H2. The van der Waals surface area contributed by atoms with Crippen LogP contribution in [-0.4, -0.2) is 23.2 Å². The molecule has 1 aromatic carbocycles. The monoisotopic (exact) mass is 315 g/mol. The van der Waals surface area contributed by atoms with Gasteiger partial charge in [-0.15, -0.1) is 0 Å². The molecule has 1 spiro atoms. The van der Waals surface area contributed by atoms with E-state index in [0.717, 1.165) is 32.3 Å². The van der Waals surface area contributed by atoms with Crippen LogP contribution in [0.2, 0.25) is 0 Å². The number of nitrogens with one attached hydrogen (secondary N) is 1. The fourth-order valence-electron chi connectivity index (χ4n) is 3.78. The van der Waals surface area contributed by atoms with Crippen molar-refractivity contribution in [3.05, 3.63) is 33.9 Å². The summed E-state index contributed by atoms with van der Waals surface area (Å²) in [6.07, 6.45) is 7.76. The highest BCUT2D eigenvalue weighted by Crippen LogP contribution is 2.39. The van der Waals surface area contributed by atoms with E-state index in [4.69, 9.17) is 4.74 Å². The van der Waals surface area contributed by atoms with Crippen LogP contribution in [0.4, 0.5) is 11.4 Å². The van der Waals surface area contributed by atoms with Crippen molar-refractivity contribution >= 4 is 11.4 Å². The van der Waals surface area contributed by atoms with Gasteiger partial charge in [-0.05, 0) is 31.7 Å². The summed E-state index contributed by atoms with van der Waals surface area (Å²) in [6, 6.07) is 6.71. The fourth-order valence-corrected chi connectivity index (χ4v) is 3.78. The molecule has 2 fully saturated rings. The Bertz CT molecular complexity index is 627. The Labute approximate surface area is 135 Å². The molecule has 0 amide bonds. The SMILES string of the molecule is N#Cc1cc([N+](=O)[O-])ccc1NC1CCOC2(CCCCC2)C1. The van der Waals surface area contributed by atoms with E-state index in [1.54, 1.807) is 6.07 Å². The predicted octanol–water partition coefficient (Wildman–Crippen LogP) is 3.76. The molecule has 23 heavy (non-hydrogen) atoms. The van der Waals surface area contributed by atoms with Crippen LogP contribution in [-0.2, 0) is 4.74 Å². The van der Waals surface area contributed by atoms with Crippen molar-refractivity contribution < 1.29 is 9.66 Å². The van der Waals surface area contributed by atoms with E-state index in [0.29, 0.717) is 11.3 Å². The number of anilines is 1. The molecule has 2 aliphatic rings. The first-order valence-corrected chi connectivity index (χ1v) is 8.21. The minimum absolute atomic E-state index is 0.0122. The number of nitriles is 1. The van der Waals surface area contributed by atoms with Gasteiger partial charge in [0.1, 0.15) is 6.07 Å². The van der Waals surface area contributed by atoms with Crippen LogP contribution in [0.1, 0.15) is 50.5 Å². The van der Waals surface area contributed by atoms with Gasteiger partial charge in [0.2, 0.25) is 0 Å². The van der Waals surface area contributed by atoms with Crippen LogP contribution in [0.3, 0.4) is 0 Å². The molecule has 1 aliphatic heterocycles. The van der Waals surface area contributed by atoms with Gasteiger partial charge in [-0.1, -0.05) is 19.3 Å². The van der Waals surface area contributed by atoms with Crippen molar-refractivity contribution in [1.82, 2.24) is 0 Å². The van der Waals surface area contributed by atoms with Gasteiger partial charge in [-0.25, -0.2) is 0 Å². The van der Waals surface area contributed by atoms with Gasteiger partial charge in [0.15, 0.2) is 0 Å². The van der Waals surface area contributed by atoms with Crippen LogP contribution in [0, 0.1) is 21.4 Å². The molecule has 1 aliphatic carbocycles. The summed E-state index contributed by atoms with van der Waals surface area (Å²) >= 11 is 0. The molecule has 1 aromatic rings. The van der Waals surface area contributed by atoms with Crippen LogP contribution in [0.25, 0.3) is 0 Å². The molecular formula is C17H21N3O3. The van der Waals surface area contributed by atoms with E-state index < -0.39 is 4.92 Å². The second-order valence-corrected chi connectivity index (χ2v) is 6.52. The third-order valence-electron chi connectivity index (χ3n) is 4.95. The topological polar surface area (TPSA) is 88.2 Å². The summed E-state index contributed by atoms with van der Waals surface area (Å²) < 4.78 is 6.09. The van der Waals surface area contributed by atoms with Crippen molar-refractivity contribution in [3.63, 3.8) is 0 Å². The van der Waals surface area contributed by atoms with Crippen molar-refractivity contribution in [1.29, 1.82) is 5.26 Å². The van der Waals surface area contributed by atoms with E-state index in [1.807, 2.05) is 0 Å². The summed E-state index contributed by atoms with van der Waals surface area (Å²) in [5.41, 5.74) is 0.934. The van der Waals surface area contributed by atoms with Gasteiger partial charge in [-0.2, -0.15) is 5.26 Å². The Morgan fingerprint density at radius 1 is 1.35 bits per heavy atom. The predicted molar refractivity (Wildman–Crippen MR) is 86.2 cm³/mol. The van der Waals surface area contributed by atoms with Gasteiger partial charge in [0.25, 0.3) is 5.69 Å². The molecule has 1 heterocycles. The number of ether oxygens (including phenoxy) is 1. The maximum Gasteiger partial charge on any atom is 0.270 e. The second-order valence-electron chi connectivity index (χ2n) is 6.52. The van der Waals surface area contributed by atoms with Crippen LogP contribution < -0.4 is 5.32 Å². The van der Waals surface area contributed by atoms with Gasteiger partial charge in [-0.3, -0.25) is 10.1 Å². The summed E-state index contributed by atoms with van der Waals surface area (Å²) in [4.78, 5) is 10.4. The number of nitro groups is 1. The molecular weight excluding hydrogens is 294 g/mol. The Hall–Kier alpha value is -2.13. The number of non-ortho nitro benzene ring substituents is 1. The fraction of sp³-hybridized carbons (Fsp3) is 0.588. The number of nitro benzene ring substituents is 1. The van der Waals surface area contributed by atoms with Crippen LogP contribution in [0.5, 0.6) is 0 Å². The summed E-state index contributed by atoms with van der Waals surface area (Å²) in [7, 11) is 0. The summed E-state index contributed by atoms with van der Waals surface area (Å²) in [6.45, 7) is 0.729. The van der Waals surface area contributed by atoms with Gasteiger partial charge >= 0.3 is 0 Å². The first-order valence-electron chi connectivity index (χ1n) is 8.21. The van der Waals surface area contributed by atoms with E-state index in [-0.39, 0.29) is 17.3 Å². The van der Waals surface area contributed by atoms with E-state index >= 15 is 0 Å². The summed E-state index contributed by atoms with van der Waals surface area (Å²) in [5.74, 6) is 0. The molecule has 1 saturated carbocycles. The maximum absolute atomic E-state index is 10.8. The van der Waals surface area contributed by atoms with E-state index in [1.165, 1.54) is 31.4 Å². The molecule has 6 nitrogen and oxygen atoms in total. The van der Waals surface area contributed by atoms with E-state index in [2.05, 4.69) is 11.4 Å². The zero-order valence-corrected chi connectivity index (χ0v) is 13.1. The first kappa shape index (κ1) is 15.8. The van der Waals surface area contributed by atoms with Gasteiger partial charge < -0.3 is 10.1 Å². The average molecular weight is 315 g/mol. The first-order chi connectivity index (χ1) is 11.1. The highest BCUT2D eigenvalue weighted by atomic mass is 16.6. The molecule has 0 bridgehead atoms. The minimum Gasteiger partial charge on any atom is -0.381 e. The lowest BCUT2D eigenvalue weighted by Gasteiger charge is -2.44. The van der Waals surface area contributed by atoms with Gasteiger partial charge in [0, 0.05) is 24.8 Å². The number of hydrogen-bond donors (Lipinski definition) is 1. The molecule has 1 saturated heterocycles. The van der Waals surface area contributed by atoms with Crippen molar-refractivity contribution in [2.75, 3.05) is 11.9 Å². The Balaban J connectivity index is 1.74. The van der Waals surface area contributed by atoms with Gasteiger partial charge in [0.05, 0.1) is 21.8 Å². The zero-order chi connectivity index (χ0) is 16.3. The normalized spacial score (nSPS) is 23.2. The van der Waals surface area contributed by atoms with Crippen molar-refractivity contribution in [2.45, 2.75) is 56.6 Å². The number of hydrogen-bond acceptors (Lipinski definition) is 5. The molecule has 6 heteroatoms. The molecule has 1 atom stereocenters. The zero-order valence-electron chi connectivity index (χ0n) is 13.1. The van der Waals surface area contributed by atoms with Crippen molar-refractivity contribution in [3.8, 4) is 6.07 Å². The lowest BCUT2D eigenvalue weighted by atomic mass is 9.78.